The Hall–Kier alpha value is -5.39. The van der Waals surface area contributed by atoms with E-state index in [1.807, 2.05) is 37.4 Å². The van der Waals surface area contributed by atoms with Crippen LogP contribution in [0.2, 0.25) is 5.02 Å². The number of aromatic nitrogens is 2. The minimum absolute atomic E-state index is 0.0619. The molecule has 1 saturated carbocycles. The zero-order valence-corrected chi connectivity index (χ0v) is 31.3. The number of anilines is 2. The van der Waals surface area contributed by atoms with Gasteiger partial charge in [-0.2, -0.15) is 5.26 Å². The molecule has 5 heterocycles. The summed E-state index contributed by atoms with van der Waals surface area (Å²) in [7, 11) is 2.04. The Morgan fingerprint density at radius 3 is 2.22 bits per heavy atom. The van der Waals surface area contributed by atoms with Crippen LogP contribution < -0.4 is 20.4 Å². The lowest BCUT2D eigenvalue weighted by molar-refractivity contribution is -0.136. The van der Waals surface area contributed by atoms with Gasteiger partial charge < -0.3 is 15.1 Å². The molecule has 55 heavy (non-hydrogen) atoms. The van der Waals surface area contributed by atoms with Gasteiger partial charge in [0.2, 0.25) is 11.8 Å². The molecular weight excluding hydrogens is 722 g/mol. The van der Waals surface area contributed by atoms with Gasteiger partial charge in [0.05, 0.1) is 21.7 Å². The fraction of sp³-hybridized carbons (Fsp3) is 0.450. The van der Waals surface area contributed by atoms with Crippen LogP contribution >= 0.6 is 11.6 Å². The molecule has 0 bridgehead atoms. The molecule has 1 aromatic heterocycles. The van der Waals surface area contributed by atoms with Crippen molar-refractivity contribution >= 4 is 52.6 Å². The van der Waals surface area contributed by atoms with E-state index in [9.17, 15) is 24.0 Å². The average molecular weight is 764 g/mol. The number of nitrogens with one attached hydrogen (secondary N) is 2. The summed E-state index contributed by atoms with van der Waals surface area (Å²) in [5.74, 6) is -0.943. The maximum absolute atomic E-state index is 13.3. The van der Waals surface area contributed by atoms with Crippen LogP contribution in [-0.4, -0.2) is 94.3 Å². The second-order valence-electron chi connectivity index (χ2n) is 15.4. The van der Waals surface area contributed by atoms with Gasteiger partial charge in [-0.3, -0.25) is 39.1 Å². The van der Waals surface area contributed by atoms with Crippen molar-refractivity contribution in [3.8, 4) is 6.07 Å². The summed E-state index contributed by atoms with van der Waals surface area (Å²) in [5.41, 5.74) is 4.43. The van der Waals surface area contributed by atoms with Gasteiger partial charge in [0.1, 0.15) is 12.1 Å². The largest absolute Gasteiger partial charge is 0.372 e. The fourth-order valence-corrected chi connectivity index (χ4v) is 9.00. The molecule has 3 fully saturated rings. The number of benzene rings is 2. The van der Waals surface area contributed by atoms with E-state index >= 15 is 0 Å². The van der Waals surface area contributed by atoms with Crippen LogP contribution in [0.4, 0.5) is 11.5 Å². The Morgan fingerprint density at radius 2 is 1.62 bits per heavy atom. The van der Waals surface area contributed by atoms with Gasteiger partial charge in [-0.25, -0.2) is 0 Å². The third-order valence-electron chi connectivity index (χ3n) is 11.9. The van der Waals surface area contributed by atoms with Crippen molar-refractivity contribution in [2.45, 2.75) is 82.6 Å². The summed E-state index contributed by atoms with van der Waals surface area (Å²) >= 11 is 6.25. The van der Waals surface area contributed by atoms with E-state index in [1.54, 1.807) is 12.1 Å². The highest BCUT2D eigenvalue weighted by atomic mass is 35.5. The Kier molecular flexibility index (Phi) is 10.00. The highest BCUT2D eigenvalue weighted by Gasteiger charge is 2.45. The molecule has 4 aliphatic heterocycles. The number of carbonyl (C=O) groups is 5. The van der Waals surface area contributed by atoms with Crippen LogP contribution in [0.15, 0.2) is 42.5 Å². The van der Waals surface area contributed by atoms with E-state index < -0.39 is 29.7 Å². The Morgan fingerprint density at radius 1 is 0.927 bits per heavy atom. The first-order valence-corrected chi connectivity index (χ1v) is 19.4. The summed E-state index contributed by atoms with van der Waals surface area (Å²) in [4.78, 5) is 71.4. The number of nitriles is 1. The second-order valence-corrected chi connectivity index (χ2v) is 15.8. The van der Waals surface area contributed by atoms with Crippen molar-refractivity contribution in [3.63, 3.8) is 0 Å². The summed E-state index contributed by atoms with van der Waals surface area (Å²) in [6.07, 6.45) is 5.71. The molecule has 14 nitrogen and oxygen atoms in total. The lowest BCUT2D eigenvalue weighted by atomic mass is 9.90. The number of piperidine rings is 2. The normalized spacial score (nSPS) is 23.0. The van der Waals surface area contributed by atoms with Crippen molar-refractivity contribution < 1.29 is 24.0 Å². The topological polar surface area (TPSA) is 172 Å². The molecule has 5 amide bonds. The first-order valence-electron chi connectivity index (χ1n) is 19.0. The molecular formula is C40H42ClN9O5. The number of amides is 5. The average Bonchev–Trinajstić information content (AvgIpc) is 3.69. The predicted octanol–water partition coefficient (Wildman–Crippen LogP) is 3.81. The molecule has 0 radical (unpaired) electrons. The highest BCUT2D eigenvalue weighted by Crippen LogP contribution is 2.35. The summed E-state index contributed by atoms with van der Waals surface area (Å²) in [6.45, 7) is 3.91. The van der Waals surface area contributed by atoms with Gasteiger partial charge in [0.15, 0.2) is 11.5 Å². The Balaban J connectivity index is 0.784. The van der Waals surface area contributed by atoms with Crippen LogP contribution in [0.1, 0.15) is 99.3 Å². The molecule has 2 N–H and O–H groups in total. The second kappa shape index (κ2) is 15.0. The van der Waals surface area contributed by atoms with E-state index in [0.29, 0.717) is 52.5 Å². The predicted molar refractivity (Wildman–Crippen MR) is 202 cm³/mol. The summed E-state index contributed by atoms with van der Waals surface area (Å²) < 4.78 is 0. The van der Waals surface area contributed by atoms with Gasteiger partial charge >= 0.3 is 0 Å². The molecule has 1 aliphatic carbocycles. The quantitative estimate of drug-likeness (QED) is 0.320. The Labute approximate surface area is 323 Å². The minimum atomic E-state index is -0.968. The smallest absolute Gasteiger partial charge is 0.272 e. The lowest BCUT2D eigenvalue weighted by Crippen LogP contribution is -2.54. The van der Waals surface area contributed by atoms with Gasteiger partial charge in [-0.05, 0) is 104 Å². The number of imide groups is 2. The van der Waals surface area contributed by atoms with Crippen LogP contribution in [0.25, 0.3) is 0 Å². The maximum Gasteiger partial charge on any atom is 0.272 e. The lowest BCUT2D eigenvalue weighted by Gasteiger charge is -2.36. The minimum Gasteiger partial charge on any atom is -0.372 e. The van der Waals surface area contributed by atoms with Gasteiger partial charge in [0, 0.05) is 64.0 Å². The number of rotatable bonds is 8. The van der Waals surface area contributed by atoms with Crippen molar-refractivity contribution in [1.82, 2.24) is 30.6 Å². The molecule has 0 spiro atoms. The molecule has 2 aromatic carbocycles. The number of nitrogens with zero attached hydrogens (tertiary/aromatic N) is 7. The van der Waals surface area contributed by atoms with Gasteiger partial charge in [-0.1, -0.05) is 11.6 Å². The first kappa shape index (κ1) is 36.6. The van der Waals surface area contributed by atoms with Crippen LogP contribution in [0.3, 0.4) is 0 Å². The van der Waals surface area contributed by atoms with E-state index in [1.165, 1.54) is 0 Å². The van der Waals surface area contributed by atoms with Crippen LogP contribution in [0.5, 0.6) is 0 Å². The number of fused-ring (bicyclic) bond motifs is 2. The molecule has 5 aliphatic rings. The number of halogens is 1. The van der Waals surface area contributed by atoms with E-state index in [-0.39, 0.29) is 24.8 Å². The standard InChI is InChI=1S/C40H42ClN9O5/c1-47(29-5-2-24(19-42)32(41)18-29)28-6-3-27(4-7-28)43-37(52)33-8-10-35(46-45-33)49-14-12-23(13-15-49)20-48-21-25-16-30-31(17-26(25)22-48)40(55)50(39(30)54)34-9-11-36(51)44-38(34)53/h2,5,8,10,16-18,23,27-28,34H,3-4,6-7,9,11-15,20-22H2,1H3,(H,43,52)(H,44,51,53)/t27-,28-,34?. The SMILES string of the molecule is CN(c1ccc(C#N)c(Cl)c1)[C@H]1CC[C@H](NC(=O)c2ccc(N3CCC(CN4Cc5cc6c(cc5C4)C(=O)N(C4CCC(=O)NC4=O)C6=O)CC3)nn2)CC1. The van der Waals surface area contributed by atoms with Crippen molar-refractivity contribution in [2.75, 3.05) is 36.5 Å². The third-order valence-corrected chi connectivity index (χ3v) is 12.3. The molecule has 1 unspecified atom stereocenters. The fourth-order valence-electron chi connectivity index (χ4n) is 8.78. The van der Waals surface area contributed by atoms with Crippen molar-refractivity contribution in [3.05, 3.63) is 81.0 Å². The monoisotopic (exact) mass is 763 g/mol. The number of hydrogen-bond donors (Lipinski definition) is 2. The number of hydrogen-bond acceptors (Lipinski definition) is 11. The van der Waals surface area contributed by atoms with Crippen molar-refractivity contribution in [1.29, 1.82) is 5.26 Å². The zero-order chi connectivity index (χ0) is 38.4. The molecule has 1 atom stereocenters. The third kappa shape index (κ3) is 7.26. The highest BCUT2D eigenvalue weighted by molar-refractivity contribution is 6.32. The molecule has 15 heteroatoms. The van der Waals surface area contributed by atoms with Crippen molar-refractivity contribution in [2.24, 2.45) is 5.92 Å². The maximum atomic E-state index is 13.3. The van der Waals surface area contributed by atoms with E-state index in [0.717, 1.165) is 85.7 Å². The van der Waals surface area contributed by atoms with Gasteiger partial charge in [0.25, 0.3) is 17.7 Å². The number of carbonyl (C=O) groups excluding carboxylic acids is 5. The van der Waals surface area contributed by atoms with E-state index in [4.69, 9.17) is 16.9 Å². The summed E-state index contributed by atoms with van der Waals surface area (Å²) in [5, 5.41) is 23.7. The van der Waals surface area contributed by atoms with Gasteiger partial charge in [-0.15, -0.1) is 10.2 Å². The van der Waals surface area contributed by atoms with E-state index in [2.05, 4.69) is 41.6 Å². The molecule has 8 rings (SSSR count). The first-order chi connectivity index (χ1) is 26.6. The molecule has 3 aromatic rings. The molecule has 284 valence electrons. The van der Waals surface area contributed by atoms with Crippen LogP contribution in [0, 0.1) is 17.2 Å². The summed E-state index contributed by atoms with van der Waals surface area (Å²) in [6, 6.07) is 14.2. The van der Waals surface area contributed by atoms with Crippen LogP contribution in [-0.2, 0) is 22.7 Å². The zero-order valence-electron chi connectivity index (χ0n) is 30.6. The molecule has 2 saturated heterocycles. The Bertz CT molecular complexity index is 2060.